The van der Waals surface area contributed by atoms with E-state index in [1.54, 1.807) is 0 Å². The minimum Gasteiger partial charge on any atom is -0.309 e. The van der Waals surface area contributed by atoms with E-state index < -0.39 is 0 Å². The number of likely N-dealkylation sites (N-methyl/N-ethyl adjacent to an activating group) is 1. The van der Waals surface area contributed by atoms with E-state index in [1.807, 2.05) is 14.1 Å². The molecule has 5 heteroatoms. The number of hydrogen-bond donors (Lipinski definition) is 1. The Morgan fingerprint density at radius 2 is 2.27 bits per heavy atom. The van der Waals surface area contributed by atoms with Crippen molar-refractivity contribution in [2.45, 2.75) is 6.42 Å². The average Bonchev–Trinajstić information content (AvgIpc) is 2.31. The minimum absolute atomic E-state index is 0.631. The van der Waals surface area contributed by atoms with Gasteiger partial charge in [-0.15, -0.1) is 5.10 Å². The van der Waals surface area contributed by atoms with E-state index in [0.29, 0.717) is 4.73 Å². The van der Waals surface area contributed by atoms with Gasteiger partial charge in [0.15, 0.2) is 0 Å². The zero-order valence-electron chi connectivity index (χ0n) is 6.63. The van der Waals surface area contributed by atoms with E-state index in [9.17, 15) is 0 Å². The lowest BCUT2D eigenvalue weighted by Gasteiger charge is -2.05. The molecule has 0 spiro atoms. The molecule has 4 nitrogen and oxygen atoms in total. The predicted octanol–water partition coefficient (Wildman–Crippen LogP) is 0.671. The fourth-order valence-corrected chi connectivity index (χ4v) is 1.02. The third kappa shape index (κ3) is 2.98. The van der Waals surface area contributed by atoms with Gasteiger partial charge in [0.1, 0.15) is 5.82 Å². The summed E-state index contributed by atoms with van der Waals surface area (Å²) >= 11 is 3.17. The number of H-pyrrole nitrogens is 1. The molecular formula is C6H11BrN4. The van der Waals surface area contributed by atoms with Gasteiger partial charge in [0.25, 0.3) is 0 Å². The molecular weight excluding hydrogens is 208 g/mol. The van der Waals surface area contributed by atoms with Crippen LogP contribution in [0.5, 0.6) is 0 Å². The van der Waals surface area contributed by atoms with E-state index in [-0.39, 0.29) is 0 Å². The first kappa shape index (κ1) is 8.67. The van der Waals surface area contributed by atoms with Crippen LogP contribution >= 0.6 is 15.9 Å². The number of rotatable bonds is 3. The van der Waals surface area contributed by atoms with Crippen molar-refractivity contribution in [3.8, 4) is 0 Å². The van der Waals surface area contributed by atoms with E-state index >= 15 is 0 Å². The normalized spacial score (nSPS) is 10.9. The Bertz CT molecular complexity index is 220. The molecule has 0 unspecified atom stereocenters. The molecule has 0 saturated carbocycles. The largest absolute Gasteiger partial charge is 0.309 e. The lowest BCUT2D eigenvalue weighted by molar-refractivity contribution is 0.410. The summed E-state index contributed by atoms with van der Waals surface area (Å²) < 4.78 is 0.631. The molecule has 0 saturated heterocycles. The van der Waals surface area contributed by atoms with Gasteiger partial charge in [0, 0.05) is 13.0 Å². The fraction of sp³-hybridized carbons (Fsp3) is 0.667. The average molecular weight is 219 g/mol. The van der Waals surface area contributed by atoms with Crippen LogP contribution in [0.2, 0.25) is 0 Å². The Morgan fingerprint density at radius 3 is 2.73 bits per heavy atom. The van der Waals surface area contributed by atoms with E-state index in [2.05, 4.69) is 36.0 Å². The first-order valence-corrected chi connectivity index (χ1v) is 4.19. The van der Waals surface area contributed by atoms with Crippen molar-refractivity contribution >= 4 is 15.9 Å². The molecule has 1 aromatic rings. The van der Waals surface area contributed by atoms with Crippen LogP contribution in [0.3, 0.4) is 0 Å². The van der Waals surface area contributed by atoms with Gasteiger partial charge in [-0.3, -0.25) is 5.10 Å². The van der Waals surface area contributed by atoms with Crippen LogP contribution in [-0.2, 0) is 6.42 Å². The SMILES string of the molecule is CN(C)CCc1nc(Br)n[nH]1. The third-order valence-electron chi connectivity index (χ3n) is 1.30. The molecule has 0 radical (unpaired) electrons. The summed E-state index contributed by atoms with van der Waals surface area (Å²) in [6, 6.07) is 0. The summed E-state index contributed by atoms with van der Waals surface area (Å²) in [5, 5.41) is 6.68. The molecule has 1 aromatic heterocycles. The summed E-state index contributed by atoms with van der Waals surface area (Å²) in [5.41, 5.74) is 0. The predicted molar refractivity (Wildman–Crippen MR) is 46.3 cm³/mol. The number of aromatic amines is 1. The maximum absolute atomic E-state index is 4.11. The topological polar surface area (TPSA) is 44.8 Å². The van der Waals surface area contributed by atoms with Crippen LogP contribution in [0, 0.1) is 0 Å². The number of aromatic nitrogens is 3. The first-order chi connectivity index (χ1) is 5.18. The van der Waals surface area contributed by atoms with Crippen molar-refractivity contribution in [3.63, 3.8) is 0 Å². The summed E-state index contributed by atoms with van der Waals surface area (Å²) in [6.45, 7) is 0.988. The van der Waals surface area contributed by atoms with Crippen molar-refractivity contribution in [2.24, 2.45) is 0 Å². The molecule has 0 bridgehead atoms. The lowest BCUT2D eigenvalue weighted by Crippen LogP contribution is -2.15. The van der Waals surface area contributed by atoms with Crippen LogP contribution in [0.15, 0.2) is 4.73 Å². The standard InChI is InChI=1S/C6H11BrN4/c1-11(2)4-3-5-8-6(7)10-9-5/h3-4H2,1-2H3,(H,8,9,10). The second kappa shape index (κ2) is 3.82. The molecule has 0 aliphatic heterocycles. The number of nitrogens with zero attached hydrogens (tertiary/aromatic N) is 3. The van der Waals surface area contributed by atoms with Crippen molar-refractivity contribution < 1.29 is 0 Å². The van der Waals surface area contributed by atoms with E-state index in [0.717, 1.165) is 18.8 Å². The Balaban J connectivity index is 2.39. The molecule has 62 valence electrons. The van der Waals surface area contributed by atoms with Crippen LogP contribution in [0.25, 0.3) is 0 Å². The summed E-state index contributed by atoms with van der Waals surface area (Å²) in [7, 11) is 4.07. The van der Waals surface area contributed by atoms with Crippen LogP contribution in [-0.4, -0.2) is 40.7 Å². The zero-order valence-corrected chi connectivity index (χ0v) is 8.22. The molecule has 1 N–H and O–H groups in total. The Labute approximate surface area is 74.1 Å². The quantitative estimate of drug-likeness (QED) is 0.812. The van der Waals surface area contributed by atoms with Crippen molar-refractivity contribution in [2.75, 3.05) is 20.6 Å². The molecule has 1 rings (SSSR count). The van der Waals surface area contributed by atoms with Gasteiger partial charge in [0.05, 0.1) is 0 Å². The molecule has 0 aromatic carbocycles. The van der Waals surface area contributed by atoms with Crippen molar-refractivity contribution in [3.05, 3.63) is 10.6 Å². The van der Waals surface area contributed by atoms with Crippen molar-refractivity contribution in [1.29, 1.82) is 0 Å². The first-order valence-electron chi connectivity index (χ1n) is 3.40. The maximum Gasteiger partial charge on any atom is 0.217 e. The van der Waals surface area contributed by atoms with Gasteiger partial charge in [-0.25, -0.2) is 4.98 Å². The van der Waals surface area contributed by atoms with E-state index in [1.165, 1.54) is 0 Å². The van der Waals surface area contributed by atoms with Gasteiger partial charge in [0.2, 0.25) is 4.73 Å². The highest BCUT2D eigenvalue weighted by Gasteiger charge is 1.99. The third-order valence-corrected chi connectivity index (χ3v) is 1.65. The van der Waals surface area contributed by atoms with Gasteiger partial charge >= 0.3 is 0 Å². The summed E-state index contributed by atoms with van der Waals surface area (Å²) in [4.78, 5) is 6.21. The molecule has 0 atom stereocenters. The monoisotopic (exact) mass is 218 g/mol. The number of halogens is 1. The smallest absolute Gasteiger partial charge is 0.217 e. The summed E-state index contributed by atoms with van der Waals surface area (Å²) in [5.74, 6) is 0.922. The van der Waals surface area contributed by atoms with Gasteiger partial charge in [-0.2, -0.15) is 0 Å². The molecule has 11 heavy (non-hydrogen) atoms. The Hall–Kier alpha value is -0.420. The molecule has 0 fully saturated rings. The fourth-order valence-electron chi connectivity index (χ4n) is 0.713. The van der Waals surface area contributed by atoms with Crippen molar-refractivity contribution in [1.82, 2.24) is 20.1 Å². The van der Waals surface area contributed by atoms with Gasteiger partial charge in [-0.05, 0) is 30.0 Å². The minimum atomic E-state index is 0.631. The second-order valence-electron chi connectivity index (χ2n) is 2.60. The molecule has 0 aliphatic rings. The summed E-state index contributed by atoms with van der Waals surface area (Å²) in [6.07, 6.45) is 0.908. The highest BCUT2D eigenvalue weighted by atomic mass is 79.9. The zero-order chi connectivity index (χ0) is 8.27. The van der Waals surface area contributed by atoms with Crippen LogP contribution < -0.4 is 0 Å². The second-order valence-corrected chi connectivity index (χ2v) is 3.31. The Kier molecular flexibility index (Phi) is 3.02. The number of nitrogens with one attached hydrogen (secondary N) is 1. The molecule has 0 aliphatic carbocycles. The lowest BCUT2D eigenvalue weighted by atomic mass is 10.4. The van der Waals surface area contributed by atoms with Gasteiger partial charge < -0.3 is 4.90 Å². The van der Waals surface area contributed by atoms with E-state index in [4.69, 9.17) is 0 Å². The van der Waals surface area contributed by atoms with Crippen LogP contribution in [0.1, 0.15) is 5.82 Å². The Morgan fingerprint density at radius 1 is 1.55 bits per heavy atom. The van der Waals surface area contributed by atoms with Crippen LogP contribution in [0.4, 0.5) is 0 Å². The highest BCUT2D eigenvalue weighted by Crippen LogP contribution is 2.00. The highest BCUT2D eigenvalue weighted by molar-refractivity contribution is 9.10. The maximum atomic E-state index is 4.11. The number of hydrogen-bond acceptors (Lipinski definition) is 3. The molecule has 1 heterocycles. The molecule has 0 amide bonds. The van der Waals surface area contributed by atoms with Gasteiger partial charge in [-0.1, -0.05) is 0 Å².